The van der Waals surface area contributed by atoms with Crippen molar-refractivity contribution < 1.29 is 24.5 Å². The highest BCUT2D eigenvalue weighted by molar-refractivity contribution is 5.77. The molecule has 1 amide bonds. The first kappa shape index (κ1) is 57.3. The van der Waals surface area contributed by atoms with Gasteiger partial charge in [0.15, 0.2) is 0 Å². The molecule has 0 bridgehead atoms. The molecule has 0 aliphatic carbocycles. The van der Waals surface area contributed by atoms with E-state index < -0.39 is 18.2 Å². The molecule has 348 valence electrons. The van der Waals surface area contributed by atoms with Crippen molar-refractivity contribution in [1.29, 1.82) is 0 Å². The lowest BCUT2D eigenvalue weighted by molar-refractivity contribution is -0.151. The minimum Gasteiger partial charge on any atom is -0.462 e. The maximum atomic E-state index is 13.2. The first-order chi connectivity index (χ1) is 29.0. The number of rotatable bonds is 47. The molecule has 0 aromatic rings. The van der Waals surface area contributed by atoms with Crippen molar-refractivity contribution >= 4 is 11.9 Å². The van der Waals surface area contributed by atoms with Crippen LogP contribution in [0.1, 0.15) is 278 Å². The van der Waals surface area contributed by atoms with Crippen LogP contribution in [-0.4, -0.2) is 46.9 Å². The van der Waals surface area contributed by atoms with Gasteiger partial charge in [0.05, 0.1) is 25.2 Å². The highest BCUT2D eigenvalue weighted by atomic mass is 16.5. The maximum absolute atomic E-state index is 13.2. The van der Waals surface area contributed by atoms with Crippen molar-refractivity contribution in [3.05, 3.63) is 24.3 Å². The molecule has 0 rings (SSSR count). The molecule has 0 aliphatic heterocycles. The smallest absolute Gasteiger partial charge is 0.306 e. The van der Waals surface area contributed by atoms with E-state index in [1.54, 1.807) is 0 Å². The van der Waals surface area contributed by atoms with Crippen LogP contribution in [0.15, 0.2) is 24.3 Å². The van der Waals surface area contributed by atoms with E-state index in [9.17, 15) is 19.8 Å². The van der Waals surface area contributed by atoms with Gasteiger partial charge in [-0.15, -0.1) is 0 Å². The third-order valence-corrected chi connectivity index (χ3v) is 12.1. The van der Waals surface area contributed by atoms with Gasteiger partial charge in [-0.1, -0.05) is 238 Å². The summed E-state index contributed by atoms with van der Waals surface area (Å²) in [6, 6.07) is -0.704. The highest BCUT2D eigenvalue weighted by Crippen LogP contribution is 2.18. The van der Waals surface area contributed by atoms with E-state index in [1.165, 1.54) is 161 Å². The molecule has 0 aliphatic rings. The summed E-state index contributed by atoms with van der Waals surface area (Å²) < 4.78 is 5.93. The second-order valence-electron chi connectivity index (χ2n) is 18.0. The van der Waals surface area contributed by atoms with Crippen molar-refractivity contribution in [3.8, 4) is 0 Å². The lowest BCUT2D eigenvalue weighted by Gasteiger charge is -2.24. The van der Waals surface area contributed by atoms with E-state index in [1.807, 2.05) is 0 Å². The van der Waals surface area contributed by atoms with Gasteiger partial charge in [0, 0.05) is 6.42 Å². The van der Waals surface area contributed by atoms with E-state index in [0.29, 0.717) is 19.3 Å². The summed E-state index contributed by atoms with van der Waals surface area (Å²) in [5.74, 6) is -0.487. The molecule has 0 aromatic carbocycles. The molecular formula is C53H101NO5. The lowest BCUT2D eigenvalue weighted by atomic mass is 10.0. The van der Waals surface area contributed by atoms with Gasteiger partial charge in [0.25, 0.3) is 0 Å². The Morgan fingerprint density at radius 1 is 0.492 bits per heavy atom. The molecule has 0 heterocycles. The van der Waals surface area contributed by atoms with Gasteiger partial charge in [0.1, 0.15) is 6.10 Å². The van der Waals surface area contributed by atoms with Gasteiger partial charge in [-0.25, -0.2) is 0 Å². The molecule has 3 unspecified atom stereocenters. The van der Waals surface area contributed by atoms with Gasteiger partial charge in [-0.3, -0.25) is 9.59 Å². The normalized spacial score (nSPS) is 13.4. The number of aliphatic hydroxyl groups is 2. The fraction of sp³-hybridized carbons (Fsp3) is 0.887. The van der Waals surface area contributed by atoms with Gasteiger partial charge in [0.2, 0.25) is 5.91 Å². The molecule has 59 heavy (non-hydrogen) atoms. The zero-order valence-corrected chi connectivity index (χ0v) is 39.7. The molecule has 6 heteroatoms. The molecule has 0 saturated carbocycles. The predicted octanol–water partition coefficient (Wildman–Crippen LogP) is 15.5. The Bertz CT molecular complexity index is 935. The number of carbonyl (C=O) groups excluding carboxylic acids is 2. The summed E-state index contributed by atoms with van der Waals surface area (Å²) >= 11 is 0. The van der Waals surface area contributed by atoms with E-state index in [0.717, 1.165) is 70.6 Å². The highest BCUT2D eigenvalue weighted by Gasteiger charge is 2.24. The largest absolute Gasteiger partial charge is 0.462 e. The summed E-state index contributed by atoms with van der Waals surface area (Å²) in [4.78, 5) is 26.1. The van der Waals surface area contributed by atoms with Crippen LogP contribution >= 0.6 is 0 Å². The van der Waals surface area contributed by atoms with Crippen LogP contribution in [-0.2, 0) is 14.3 Å². The summed E-state index contributed by atoms with van der Waals surface area (Å²) in [6.45, 7) is 6.47. The summed E-state index contributed by atoms with van der Waals surface area (Å²) in [5.41, 5.74) is 0. The van der Waals surface area contributed by atoms with Crippen molar-refractivity contribution in [2.24, 2.45) is 0 Å². The zero-order valence-electron chi connectivity index (χ0n) is 39.7. The third-order valence-electron chi connectivity index (χ3n) is 12.1. The number of ether oxygens (including phenoxy) is 1. The van der Waals surface area contributed by atoms with Crippen LogP contribution < -0.4 is 5.32 Å². The Labute approximate surface area is 367 Å². The number of amides is 1. The maximum Gasteiger partial charge on any atom is 0.306 e. The molecule has 0 spiro atoms. The van der Waals surface area contributed by atoms with Gasteiger partial charge in [-0.05, 0) is 51.4 Å². The van der Waals surface area contributed by atoms with Gasteiger partial charge in [-0.2, -0.15) is 0 Å². The van der Waals surface area contributed by atoms with Crippen molar-refractivity contribution in [2.75, 3.05) is 6.61 Å². The monoisotopic (exact) mass is 832 g/mol. The Hall–Kier alpha value is -1.66. The fourth-order valence-electron chi connectivity index (χ4n) is 8.07. The standard InChI is InChI=1S/C53H101NO5/c1-4-7-10-13-16-19-21-23-25-27-28-30-33-35-38-41-44-49(47-52(57)54-50(48-55)51(56)45-42-39-36-32-18-15-12-9-6-3)59-53(58)46-43-40-37-34-31-29-26-24-22-20-17-14-11-8-5-2/h25,27-28,30,49-51,55-56H,4-24,26,29,31-48H2,1-3H3,(H,54,57)/b27-25+,30-28+. The van der Waals surface area contributed by atoms with Gasteiger partial charge < -0.3 is 20.3 Å². The number of hydrogen-bond acceptors (Lipinski definition) is 5. The first-order valence-electron chi connectivity index (χ1n) is 26.1. The van der Waals surface area contributed by atoms with Crippen molar-refractivity contribution in [2.45, 2.75) is 296 Å². The first-order valence-corrected chi connectivity index (χ1v) is 26.1. The molecule has 0 saturated heterocycles. The number of carbonyl (C=O) groups is 2. The Morgan fingerprint density at radius 3 is 1.27 bits per heavy atom. The van der Waals surface area contributed by atoms with E-state index >= 15 is 0 Å². The van der Waals surface area contributed by atoms with Crippen LogP contribution in [0.3, 0.4) is 0 Å². The Balaban J connectivity index is 4.59. The second-order valence-corrected chi connectivity index (χ2v) is 18.0. The van der Waals surface area contributed by atoms with Crippen LogP contribution in [0.5, 0.6) is 0 Å². The van der Waals surface area contributed by atoms with Crippen LogP contribution in [0, 0.1) is 0 Å². The summed E-state index contributed by atoms with van der Waals surface area (Å²) in [5, 5.41) is 23.7. The fourth-order valence-corrected chi connectivity index (χ4v) is 8.07. The topological polar surface area (TPSA) is 95.9 Å². The predicted molar refractivity (Wildman–Crippen MR) is 255 cm³/mol. The Kier molecular flexibility index (Phi) is 46.1. The van der Waals surface area contributed by atoms with Gasteiger partial charge >= 0.3 is 5.97 Å². The van der Waals surface area contributed by atoms with Crippen LogP contribution in [0.25, 0.3) is 0 Å². The van der Waals surface area contributed by atoms with Crippen LogP contribution in [0.4, 0.5) is 0 Å². The summed E-state index contributed by atoms with van der Waals surface area (Å²) in [6.07, 6.45) is 53.9. The number of esters is 1. The average molecular weight is 832 g/mol. The molecule has 0 fully saturated rings. The SMILES string of the molecule is CCCCCCCCC/C=C/C=C/CCCCCC(CC(=O)NC(CO)C(O)CCCCCCCCCCC)OC(=O)CCCCCCCCCCCCCCCCC. The quantitative estimate of drug-likeness (QED) is 0.0322. The van der Waals surface area contributed by atoms with Crippen LogP contribution in [0.2, 0.25) is 0 Å². The Morgan fingerprint density at radius 2 is 0.847 bits per heavy atom. The third kappa shape index (κ3) is 42.8. The minimum absolute atomic E-state index is 0.0648. The zero-order chi connectivity index (χ0) is 43.1. The van der Waals surface area contributed by atoms with E-state index in [4.69, 9.17) is 4.74 Å². The molecule has 3 atom stereocenters. The number of aliphatic hydroxyl groups excluding tert-OH is 2. The van der Waals surface area contributed by atoms with Crippen molar-refractivity contribution in [1.82, 2.24) is 5.32 Å². The molecule has 0 aromatic heterocycles. The summed E-state index contributed by atoms with van der Waals surface area (Å²) in [7, 11) is 0. The number of nitrogens with one attached hydrogen (secondary N) is 1. The van der Waals surface area contributed by atoms with Crippen molar-refractivity contribution in [3.63, 3.8) is 0 Å². The molecule has 6 nitrogen and oxygen atoms in total. The lowest BCUT2D eigenvalue weighted by Crippen LogP contribution is -2.46. The number of hydrogen-bond donors (Lipinski definition) is 3. The number of allylic oxidation sites excluding steroid dienone is 4. The molecular weight excluding hydrogens is 731 g/mol. The van der Waals surface area contributed by atoms with E-state index in [2.05, 4.69) is 50.4 Å². The number of unbranched alkanes of at least 4 members (excludes halogenated alkanes) is 32. The molecule has 3 N–H and O–H groups in total. The van der Waals surface area contributed by atoms with E-state index in [-0.39, 0.29) is 24.9 Å². The molecule has 0 radical (unpaired) electrons. The average Bonchev–Trinajstić information content (AvgIpc) is 3.23. The second kappa shape index (κ2) is 47.4. The minimum atomic E-state index is -0.789.